The number of piperazine rings is 1. The normalized spacial score (nSPS) is 24.2. The molecule has 5 aliphatic heterocycles. The second-order valence-corrected chi connectivity index (χ2v) is 26.3. The first-order chi connectivity index (χ1) is 30.5. The van der Waals surface area contributed by atoms with Crippen LogP contribution in [0.5, 0.6) is 17.6 Å². The summed E-state index contributed by atoms with van der Waals surface area (Å²) >= 11 is 0. The second-order valence-electron chi connectivity index (χ2n) is 20.7. The lowest BCUT2D eigenvalue weighted by molar-refractivity contribution is 0.00537. The van der Waals surface area contributed by atoms with Gasteiger partial charge in [-0.05, 0) is 99.3 Å². The molecule has 0 radical (unpaired) electrons. The predicted octanol–water partition coefficient (Wildman–Crippen LogP) is 9.70. The maximum absolute atomic E-state index is 14.9. The predicted molar refractivity (Wildman–Crippen MR) is 251 cm³/mol. The number of carbonyl (C=O) groups is 1. The number of aromatic nitrogens is 3. The number of fused-ring (bicyclic) bond motifs is 7. The van der Waals surface area contributed by atoms with Gasteiger partial charge in [-0.15, -0.1) is 5.54 Å². The Labute approximate surface area is 378 Å². The highest BCUT2D eigenvalue weighted by Gasteiger charge is 2.53. The Balaban J connectivity index is 1.21. The van der Waals surface area contributed by atoms with Crippen LogP contribution in [0.1, 0.15) is 100.0 Å². The molecule has 5 aliphatic rings. The third kappa shape index (κ3) is 7.83. The Kier molecular flexibility index (Phi) is 11.8. The largest absolute Gasteiger partial charge is 0.475 e. The molecule has 4 saturated heterocycles. The molecule has 2 aromatic carbocycles. The number of nitrogens with zero attached hydrogens (tertiary/aromatic N) is 6. The lowest BCUT2D eigenvalue weighted by atomic mass is 9.95. The van der Waals surface area contributed by atoms with Crippen molar-refractivity contribution in [2.45, 2.75) is 146 Å². The summed E-state index contributed by atoms with van der Waals surface area (Å²) in [6.45, 7) is 22.2. The van der Waals surface area contributed by atoms with Crippen molar-refractivity contribution in [3.8, 4) is 40.4 Å². The molecule has 14 heteroatoms. The molecule has 4 aromatic rings. The van der Waals surface area contributed by atoms with Gasteiger partial charge in [0.1, 0.15) is 50.0 Å². The van der Waals surface area contributed by atoms with Gasteiger partial charge >= 0.3 is 12.1 Å². The highest BCUT2D eigenvalue weighted by molar-refractivity contribution is 6.90. The van der Waals surface area contributed by atoms with Crippen LogP contribution in [-0.4, -0.2) is 121 Å². The SMILES string of the molecule is COCOc1cc(-c2cc3nc(OC[C@@]45CCCN4C[C@H](F)C5)nc4c3c(n2)OC[C@H]2[C@@H]3CC[C@H](CN42)N3C(=O)OC(C)(C)C)c2c(C#C[Si](C(C)C)(C(C)C)C(C)C)cccc2c1. The first kappa shape index (κ1) is 44.5. The minimum absolute atomic E-state index is 0.0743. The van der Waals surface area contributed by atoms with Crippen LogP contribution in [0.4, 0.5) is 15.0 Å². The number of amides is 1. The molecular weight excluding hydrogens is 828 g/mol. The fourth-order valence-electron chi connectivity index (χ4n) is 12.0. The third-order valence-electron chi connectivity index (χ3n) is 14.8. The molecule has 0 aliphatic carbocycles. The van der Waals surface area contributed by atoms with Gasteiger partial charge in [-0.3, -0.25) is 9.80 Å². The molecule has 342 valence electrons. The van der Waals surface area contributed by atoms with E-state index in [-0.39, 0.29) is 49.2 Å². The molecule has 5 atom stereocenters. The van der Waals surface area contributed by atoms with Crippen molar-refractivity contribution in [2.24, 2.45) is 0 Å². The van der Waals surface area contributed by atoms with Crippen LogP contribution < -0.4 is 19.1 Å². The van der Waals surface area contributed by atoms with Gasteiger partial charge in [0.2, 0.25) is 5.88 Å². The zero-order valence-electron chi connectivity index (χ0n) is 39.3. The number of rotatable bonds is 10. The Morgan fingerprint density at radius 1 is 0.984 bits per heavy atom. The standard InChI is InChI=1S/C50H65FN6O6Si/c1-30(2)64(31(3)4,32(5)6)20-17-33-13-11-14-34-21-37(62-29-59-10)22-38(43(33)34)39-23-40-44-45(54-47(53-40)61-28-50-18-12-19-55(50)25-35(51)24-50)56-26-36-15-16-41(42(56)27-60-46(44)52-39)57(36)48(58)63-49(7,8)9/h11,13-14,21-23,30-32,35-36,41-42H,12,15-16,18-19,24-29H2,1-10H3/t35-,36-,41+,42+,50+/m1/s1. The second kappa shape index (κ2) is 16.9. The van der Waals surface area contributed by atoms with Crippen LogP contribution in [0, 0.1) is 11.5 Å². The van der Waals surface area contributed by atoms with Crippen LogP contribution in [0.2, 0.25) is 16.6 Å². The third-order valence-corrected chi connectivity index (χ3v) is 21.0. The number of anilines is 1. The van der Waals surface area contributed by atoms with E-state index in [2.05, 4.69) is 81.0 Å². The van der Waals surface area contributed by atoms with Crippen molar-refractivity contribution in [2.75, 3.05) is 51.7 Å². The minimum atomic E-state index is -2.09. The van der Waals surface area contributed by atoms with Gasteiger partial charge in [0.15, 0.2) is 6.79 Å². The number of methoxy groups -OCH3 is 1. The smallest absolute Gasteiger partial charge is 0.410 e. The van der Waals surface area contributed by atoms with Crippen LogP contribution >= 0.6 is 0 Å². The van der Waals surface area contributed by atoms with Crippen molar-refractivity contribution >= 4 is 41.7 Å². The molecule has 2 bridgehead atoms. The molecule has 4 fully saturated rings. The van der Waals surface area contributed by atoms with Gasteiger partial charge in [-0.25, -0.2) is 14.2 Å². The fraction of sp³-hybridized carbons (Fsp3) is 0.600. The van der Waals surface area contributed by atoms with E-state index in [1.807, 2.05) is 43.9 Å². The molecule has 0 saturated carbocycles. The van der Waals surface area contributed by atoms with Crippen molar-refractivity contribution in [1.82, 2.24) is 24.8 Å². The van der Waals surface area contributed by atoms with Crippen molar-refractivity contribution in [3.63, 3.8) is 0 Å². The summed E-state index contributed by atoms with van der Waals surface area (Å²) in [5.41, 5.74) is 7.35. The summed E-state index contributed by atoms with van der Waals surface area (Å²) in [7, 11) is -0.483. The van der Waals surface area contributed by atoms with Crippen molar-refractivity contribution < 1.29 is 32.9 Å². The van der Waals surface area contributed by atoms with Crippen LogP contribution in [-0.2, 0) is 9.47 Å². The van der Waals surface area contributed by atoms with E-state index in [4.69, 9.17) is 38.6 Å². The Hall–Kier alpha value is -4.71. The molecule has 0 spiro atoms. The van der Waals surface area contributed by atoms with E-state index in [0.717, 1.165) is 54.1 Å². The van der Waals surface area contributed by atoms with Gasteiger partial charge in [0, 0.05) is 43.1 Å². The lowest BCUT2D eigenvalue weighted by Gasteiger charge is -2.46. The maximum Gasteiger partial charge on any atom is 0.410 e. The van der Waals surface area contributed by atoms with E-state index >= 15 is 0 Å². The van der Waals surface area contributed by atoms with Crippen LogP contribution in [0.3, 0.4) is 0 Å². The zero-order valence-corrected chi connectivity index (χ0v) is 40.3. The number of halogens is 1. The lowest BCUT2D eigenvalue weighted by Crippen LogP contribution is -2.63. The van der Waals surface area contributed by atoms with Crippen LogP contribution in [0.25, 0.3) is 32.9 Å². The highest BCUT2D eigenvalue weighted by atomic mass is 28.3. The summed E-state index contributed by atoms with van der Waals surface area (Å²) in [6, 6.07) is 12.0. The van der Waals surface area contributed by atoms with E-state index in [1.165, 1.54) is 0 Å². The fourth-order valence-corrected chi connectivity index (χ4v) is 17.2. The number of alkyl halides is 1. The summed E-state index contributed by atoms with van der Waals surface area (Å²) in [5.74, 6) is 5.46. The first-order valence-corrected chi connectivity index (χ1v) is 25.6. The Morgan fingerprint density at radius 2 is 1.77 bits per heavy atom. The highest BCUT2D eigenvalue weighted by Crippen LogP contribution is 2.47. The molecule has 0 N–H and O–H groups in total. The van der Waals surface area contributed by atoms with E-state index in [1.54, 1.807) is 7.11 Å². The number of pyridine rings is 1. The van der Waals surface area contributed by atoms with Gasteiger partial charge in [0.25, 0.3) is 0 Å². The van der Waals surface area contributed by atoms with Gasteiger partial charge in [-0.2, -0.15) is 9.97 Å². The summed E-state index contributed by atoms with van der Waals surface area (Å²) in [4.78, 5) is 35.9. The molecule has 7 heterocycles. The van der Waals surface area contributed by atoms with Gasteiger partial charge in [0.05, 0.1) is 34.9 Å². The number of hydrogen-bond acceptors (Lipinski definition) is 11. The molecular formula is C50H65FN6O6Si. The molecule has 0 unspecified atom stereocenters. The minimum Gasteiger partial charge on any atom is -0.475 e. The van der Waals surface area contributed by atoms with Crippen molar-refractivity contribution in [3.05, 3.63) is 42.0 Å². The number of benzene rings is 2. The maximum atomic E-state index is 14.9. The molecule has 1 amide bonds. The summed E-state index contributed by atoms with van der Waals surface area (Å²) in [6.07, 6.45) is 2.77. The average molecular weight is 893 g/mol. The van der Waals surface area contributed by atoms with E-state index < -0.39 is 19.8 Å². The van der Waals surface area contributed by atoms with Crippen molar-refractivity contribution in [1.29, 1.82) is 0 Å². The molecule has 9 rings (SSSR count). The molecule has 12 nitrogen and oxygen atoms in total. The first-order valence-electron chi connectivity index (χ1n) is 23.4. The Morgan fingerprint density at radius 3 is 2.50 bits per heavy atom. The van der Waals surface area contributed by atoms with Gasteiger partial charge < -0.3 is 28.6 Å². The molecule has 2 aromatic heterocycles. The topological polar surface area (TPSA) is 112 Å². The Bertz CT molecular complexity index is 2480. The average Bonchev–Trinajstić information content (AvgIpc) is 3.84. The van der Waals surface area contributed by atoms with E-state index in [0.29, 0.717) is 76.8 Å². The monoisotopic (exact) mass is 892 g/mol. The summed E-state index contributed by atoms with van der Waals surface area (Å²) < 4.78 is 45.8. The van der Waals surface area contributed by atoms with E-state index in [9.17, 15) is 9.18 Å². The quantitative estimate of drug-likeness (QED) is 0.0862. The number of carbonyl (C=O) groups excluding carboxylic acids is 1. The molecule has 64 heavy (non-hydrogen) atoms. The number of ether oxygens (including phenoxy) is 5. The summed E-state index contributed by atoms with van der Waals surface area (Å²) in [5, 5.41) is 2.61. The van der Waals surface area contributed by atoms with Crippen LogP contribution in [0.15, 0.2) is 36.4 Å². The van der Waals surface area contributed by atoms with Gasteiger partial charge in [-0.1, -0.05) is 59.6 Å². The number of hydrogen-bond donors (Lipinski definition) is 0. The zero-order chi connectivity index (χ0) is 45.3.